The van der Waals surface area contributed by atoms with Crippen LogP contribution in [0.3, 0.4) is 0 Å². The van der Waals surface area contributed by atoms with E-state index in [1.54, 1.807) is 12.1 Å². The molecule has 0 saturated heterocycles. The summed E-state index contributed by atoms with van der Waals surface area (Å²) in [4.78, 5) is 60.8. The summed E-state index contributed by atoms with van der Waals surface area (Å²) >= 11 is 6.01. The Balaban J connectivity index is 1.39. The lowest BCUT2D eigenvalue weighted by molar-refractivity contribution is -0.154. The molecule has 1 aromatic heterocycles. The molecule has 0 unspecified atom stereocenters. The van der Waals surface area contributed by atoms with Crippen molar-refractivity contribution in [1.29, 1.82) is 0 Å². The maximum absolute atomic E-state index is 12.9. The standard InChI is InChI=1S/C32H36ClF3N8O6/c1-30(2,3)16-38-25(47)24(46)37-15-12-22(26(48)49)40-23(45)18-4-10-21(11-5-18)39-27-41-28(43-29(42-27)50-17-32(34,35)36)44-31(13-14-31)19-6-8-20(33)9-7-19/h4-11,22H,12-17H2,1-3H3,(H,37,46)(H,38,47)(H,40,45)(H,48,49)(H2,39,41,42,43,44)/t22-/m0/s1. The number of nitrogens with zero attached hydrogens (tertiary/aromatic N) is 3. The first kappa shape index (κ1) is 37.6. The van der Waals surface area contributed by atoms with Crippen LogP contribution in [0.2, 0.25) is 5.02 Å². The first-order valence-corrected chi connectivity index (χ1v) is 15.8. The van der Waals surface area contributed by atoms with Gasteiger partial charge in [-0.05, 0) is 66.6 Å². The summed E-state index contributed by atoms with van der Waals surface area (Å²) in [6, 6.07) is 10.8. The van der Waals surface area contributed by atoms with Crippen molar-refractivity contribution < 1.29 is 42.2 Å². The van der Waals surface area contributed by atoms with E-state index < -0.39 is 54.1 Å². The minimum Gasteiger partial charge on any atom is -0.480 e. The van der Waals surface area contributed by atoms with Crippen molar-refractivity contribution in [1.82, 2.24) is 30.9 Å². The first-order chi connectivity index (χ1) is 23.4. The third-order valence-corrected chi connectivity index (χ3v) is 7.44. The fourth-order valence-corrected chi connectivity index (χ4v) is 4.57. The average molecular weight is 721 g/mol. The molecule has 1 atom stereocenters. The van der Waals surface area contributed by atoms with Gasteiger partial charge < -0.3 is 36.4 Å². The molecule has 18 heteroatoms. The highest BCUT2D eigenvalue weighted by Gasteiger charge is 2.45. The molecular weight excluding hydrogens is 685 g/mol. The van der Waals surface area contributed by atoms with Gasteiger partial charge in [-0.15, -0.1) is 0 Å². The number of aliphatic carboxylic acids is 1. The SMILES string of the molecule is CC(C)(C)CNC(=O)C(=O)NCC[C@H](NC(=O)c1ccc(Nc2nc(NC3(c4ccc(Cl)cc4)CC3)nc(OCC(F)(F)F)n2)cc1)C(=O)O. The van der Waals surface area contributed by atoms with Crippen LogP contribution in [0.5, 0.6) is 6.01 Å². The fourth-order valence-electron chi connectivity index (χ4n) is 4.44. The van der Waals surface area contributed by atoms with E-state index in [2.05, 4.69) is 41.5 Å². The number of benzene rings is 2. The Labute approximate surface area is 290 Å². The Bertz CT molecular complexity index is 1700. The van der Waals surface area contributed by atoms with Crippen molar-refractivity contribution in [2.45, 2.75) is 57.8 Å². The van der Waals surface area contributed by atoms with E-state index in [9.17, 15) is 37.5 Å². The molecule has 0 bridgehead atoms. The number of aromatic nitrogens is 3. The van der Waals surface area contributed by atoms with E-state index in [1.165, 1.54) is 24.3 Å². The van der Waals surface area contributed by atoms with Crippen LogP contribution in [-0.2, 0) is 19.9 Å². The molecule has 268 valence electrons. The lowest BCUT2D eigenvalue weighted by atomic mass is 9.97. The summed E-state index contributed by atoms with van der Waals surface area (Å²) in [5.41, 5.74) is 0.504. The average Bonchev–Trinajstić information content (AvgIpc) is 3.82. The van der Waals surface area contributed by atoms with Crippen LogP contribution in [0, 0.1) is 5.41 Å². The zero-order chi connectivity index (χ0) is 36.7. The van der Waals surface area contributed by atoms with Crippen molar-refractivity contribution in [3.8, 4) is 6.01 Å². The van der Waals surface area contributed by atoms with Crippen LogP contribution >= 0.6 is 11.6 Å². The van der Waals surface area contributed by atoms with Gasteiger partial charge in [0, 0.05) is 29.4 Å². The predicted molar refractivity (Wildman–Crippen MR) is 176 cm³/mol. The van der Waals surface area contributed by atoms with Gasteiger partial charge in [0.2, 0.25) is 11.9 Å². The number of carbonyl (C=O) groups excluding carboxylic acids is 3. The van der Waals surface area contributed by atoms with Crippen molar-refractivity contribution in [2.24, 2.45) is 5.41 Å². The number of carboxylic acid groups (broad SMARTS) is 1. The second-order valence-electron chi connectivity index (χ2n) is 12.7. The molecule has 50 heavy (non-hydrogen) atoms. The van der Waals surface area contributed by atoms with E-state index in [0.717, 1.165) is 5.56 Å². The molecule has 6 N–H and O–H groups in total. The van der Waals surface area contributed by atoms with Gasteiger partial charge in [0.15, 0.2) is 6.61 Å². The smallest absolute Gasteiger partial charge is 0.422 e. The molecule has 14 nitrogen and oxygen atoms in total. The molecule has 0 aliphatic heterocycles. The van der Waals surface area contributed by atoms with Gasteiger partial charge in [-0.25, -0.2) is 4.79 Å². The van der Waals surface area contributed by atoms with Gasteiger partial charge in [0.25, 0.3) is 5.91 Å². The second-order valence-corrected chi connectivity index (χ2v) is 13.2. The van der Waals surface area contributed by atoms with Crippen LogP contribution in [0.25, 0.3) is 0 Å². The number of anilines is 3. The van der Waals surface area contributed by atoms with E-state index in [0.29, 0.717) is 23.6 Å². The van der Waals surface area contributed by atoms with Gasteiger partial charge in [0.1, 0.15) is 6.04 Å². The number of halogens is 4. The maximum Gasteiger partial charge on any atom is 0.422 e. The minimum atomic E-state index is -4.64. The highest BCUT2D eigenvalue weighted by atomic mass is 35.5. The third kappa shape index (κ3) is 11.5. The number of carbonyl (C=O) groups is 4. The summed E-state index contributed by atoms with van der Waals surface area (Å²) in [7, 11) is 0. The van der Waals surface area contributed by atoms with Gasteiger partial charge >= 0.3 is 30.0 Å². The normalized spacial score (nSPS) is 14.1. The lowest BCUT2D eigenvalue weighted by Gasteiger charge is -2.19. The van der Waals surface area contributed by atoms with Crippen LogP contribution in [-0.4, -0.2) is 75.7 Å². The van der Waals surface area contributed by atoms with Gasteiger partial charge in [-0.3, -0.25) is 14.4 Å². The van der Waals surface area contributed by atoms with Gasteiger partial charge in [-0.1, -0.05) is 44.5 Å². The monoisotopic (exact) mass is 720 g/mol. The predicted octanol–water partition coefficient (Wildman–Crippen LogP) is 4.16. The van der Waals surface area contributed by atoms with Crippen LogP contribution in [0.15, 0.2) is 48.5 Å². The number of amides is 3. The highest BCUT2D eigenvalue weighted by Crippen LogP contribution is 2.48. The van der Waals surface area contributed by atoms with Crippen molar-refractivity contribution in [3.63, 3.8) is 0 Å². The van der Waals surface area contributed by atoms with Crippen molar-refractivity contribution in [2.75, 3.05) is 30.3 Å². The molecule has 3 aromatic rings. The number of hydrogen-bond acceptors (Lipinski definition) is 10. The summed E-state index contributed by atoms with van der Waals surface area (Å²) in [5.74, 6) is -4.06. The molecule has 4 rings (SSSR count). The molecule has 2 aromatic carbocycles. The third-order valence-electron chi connectivity index (χ3n) is 7.19. The molecule has 1 aliphatic rings. The quantitative estimate of drug-likeness (QED) is 0.131. The molecule has 0 radical (unpaired) electrons. The zero-order valence-electron chi connectivity index (χ0n) is 27.3. The summed E-state index contributed by atoms with van der Waals surface area (Å²) in [6.07, 6.45) is -3.43. The first-order valence-electron chi connectivity index (χ1n) is 15.4. The summed E-state index contributed by atoms with van der Waals surface area (Å²) in [6.45, 7) is 4.07. The van der Waals surface area contributed by atoms with Crippen molar-refractivity contribution in [3.05, 3.63) is 64.7 Å². The molecule has 1 aliphatic carbocycles. The van der Waals surface area contributed by atoms with E-state index in [1.807, 2.05) is 32.9 Å². The Morgan fingerprint density at radius 1 is 0.920 bits per heavy atom. The number of alkyl halides is 3. The number of nitrogens with one attached hydrogen (secondary N) is 5. The van der Waals surface area contributed by atoms with E-state index in [4.69, 9.17) is 16.3 Å². The highest BCUT2D eigenvalue weighted by molar-refractivity contribution is 6.35. The number of hydrogen-bond donors (Lipinski definition) is 6. The molecule has 1 saturated carbocycles. The summed E-state index contributed by atoms with van der Waals surface area (Å²) < 4.78 is 43.5. The fraction of sp³-hybridized carbons (Fsp3) is 0.406. The topological polar surface area (TPSA) is 197 Å². The number of carboxylic acids is 1. The molecule has 3 amide bonds. The minimum absolute atomic E-state index is 0.0374. The number of rotatable bonds is 14. The Morgan fingerprint density at radius 3 is 2.12 bits per heavy atom. The zero-order valence-corrected chi connectivity index (χ0v) is 28.0. The Morgan fingerprint density at radius 2 is 1.54 bits per heavy atom. The van der Waals surface area contributed by atoms with Gasteiger partial charge in [0.05, 0.1) is 5.54 Å². The van der Waals surface area contributed by atoms with Gasteiger partial charge in [-0.2, -0.15) is 28.1 Å². The summed E-state index contributed by atoms with van der Waals surface area (Å²) in [5, 5.41) is 23.3. The Kier molecular flexibility index (Phi) is 11.7. The second kappa shape index (κ2) is 15.6. The number of ether oxygens (including phenoxy) is 1. The van der Waals surface area contributed by atoms with E-state index >= 15 is 0 Å². The largest absolute Gasteiger partial charge is 0.480 e. The molecule has 1 fully saturated rings. The Hall–Kier alpha value is -5.19. The van der Waals surface area contributed by atoms with Crippen LogP contribution in [0.4, 0.5) is 30.8 Å². The molecular formula is C32H36ClF3N8O6. The van der Waals surface area contributed by atoms with Crippen molar-refractivity contribution >= 4 is 52.9 Å². The van der Waals surface area contributed by atoms with Crippen LogP contribution in [0.1, 0.15) is 56.0 Å². The van der Waals surface area contributed by atoms with E-state index in [-0.39, 0.29) is 42.4 Å². The lowest BCUT2D eigenvalue weighted by Crippen LogP contribution is -2.46. The molecule has 1 heterocycles. The molecule has 0 spiro atoms. The maximum atomic E-state index is 12.9. The van der Waals surface area contributed by atoms with Crippen LogP contribution < -0.4 is 31.3 Å².